The van der Waals surface area contributed by atoms with Gasteiger partial charge in [-0.1, -0.05) is 13.8 Å². The van der Waals surface area contributed by atoms with Crippen molar-refractivity contribution in [1.82, 2.24) is 4.90 Å². The Morgan fingerprint density at radius 3 is 2.92 bits per heavy atom. The van der Waals surface area contributed by atoms with Gasteiger partial charge in [-0.3, -0.25) is 5.41 Å². The first kappa shape index (κ1) is 10.9. The molecule has 0 aliphatic carbocycles. The summed E-state index contributed by atoms with van der Waals surface area (Å²) >= 11 is 2.06. The van der Waals surface area contributed by atoms with E-state index in [0.29, 0.717) is 0 Å². The molecule has 0 amide bonds. The van der Waals surface area contributed by atoms with Crippen LogP contribution < -0.4 is 0 Å². The summed E-state index contributed by atoms with van der Waals surface area (Å²) in [5.41, 5.74) is 0. The minimum Gasteiger partial charge on any atom is -0.359 e. The van der Waals surface area contributed by atoms with Gasteiger partial charge in [-0.15, -0.1) is 0 Å². The highest BCUT2D eigenvalue weighted by molar-refractivity contribution is 8.00. The lowest BCUT2D eigenvalue weighted by atomic mass is 10.2. The average Bonchev–Trinajstić information content (AvgIpc) is 2.18. The normalized spacial score (nSPS) is 23.2. The molecule has 0 saturated carbocycles. The molecule has 1 aliphatic rings. The lowest BCUT2D eigenvalue weighted by molar-refractivity contribution is 0.412. The Kier molecular flexibility index (Phi) is 4.64. The zero-order valence-electron chi connectivity index (χ0n) is 8.68. The number of amidine groups is 1. The molecule has 0 radical (unpaired) electrons. The minimum atomic E-state index is 0.756. The van der Waals surface area contributed by atoms with Crippen molar-refractivity contribution >= 4 is 17.6 Å². The topological polar surface area (TPSA) is 27.1 Å². The summed E-state index contributed by atoms with van der Waals surface area (Å²) in [4.78, 5) is 2.26. The summed E-state index contributed by atoms with van der Waals surface area (Å²) in [7, 11) is 0. The molecule has 0 aromatic carbocycles. The first-order chi connectivity index (χ1) is 6.27. The maximum Gasteiger partial charge on any atom is 0.0958 e. The van der Waals surface area contributed by atoms with Gasteiger partial charge in [0.1, 0.15) is 0 Å². The van der Waals surface area contributed by atoms with Gasteiger partial charge >= 0.3 is 0 Å². The molecule has 0 spiro atoms. The van der Waals surface area contributed by atoms with E-state index in [1.165, 1.54) is 12.2 Å². The molecule has 1 N–H and O–H groups in total. The number of thioether (sulfide) groups is 1. The van der Waals surface area contributed by atoms with Crippen LogP contribution in [-0.2, 0) is 0 Å². The van der Waals surface area contributed by atoms with Gasteiger partial charge in [0, 0.05) is 30.5 Å². The Hall–Kier alpha value is -0.180. The van der Waals surface area contributed by atoms with E-state index in [1.807, 2.05) is 0 Å². The van der Waals surface area contributed by atoms with Crippen molar-refractivity contribution < 1.29 is 0 Å². The predicted molar refractivity (Wildman–Crippen MR) is 60.7 cm³/mol. The van der Waals surface area contributed by atoms with Crippen molar-refractivity contribution in [2.45, 2.75) is 38.4 Å². The summed E-state index contributed by atoms with van der Waals surface area (Å²) in [6.45, 7) is 6.56. The maximum atomic E-state index is 7.86. The van der Waals surface area contributed by atoms with Gasteiger partial charge in [-0.25, -0.2) is 0 Å². The molecule has 1 aliphatic heterocycles. The largest absolute Gasteiger partial charge is 0.359 e. The van der Waals surface area contributed by atoms with Crippen LogP contribution in [0.25, 0.3) is 0 Å². The zero-order chi connectivity index (χ0) is 9.68. The summed E-state index contributed by atoms with van der Waals surface area (Å²) in [5, 5.41) is 8.62. The van der Waals surface area contributed by atoms with Crippen LogP contribution >= 0.6 is 11.8 Å². The third-order valence-corrected chi connectivity index (χ3v) is 3.83. The second-order valence-corrected chi connectivity index (χ2v) is 4.95. The van der Waals surface area contributed by atoms with E-state index < -0.39 is 0 Å². The third-order valence-electron chi connectivity index (χ3n) is 2.46. The number of nitrogens with one attached hydrogen (secondary N) is 1. The molecule has 0 bridgehead atoms. The van der Waals surface area contributed by atoms with E-state index in [-0.39, 0.29) is 0 Å². The molecule has 13 heavy (non-hydrogen) atoms. The molecular formula is C10H20N2S. The van der Waals surface area contributed by atoms with Gasteiger partial charge in [-0.2, -0.15) is 11.8 Å². The van der Waals surface area contributed by atoms with Crippen molar-refractivity contribution in [1.29, 1.82) is 5.41 Å². The van der Waals surface area contributed by atoms with E-state index >= 15 is 0 Å². The monoisotopic (exact) mass is 200 g/mol. The summed E-state index contributed by atoms with van der Waals surface area (Å²) in [6.07, 6.45) is 3.28. The average molecular weight is 200 g/mol. The van der Waals surface area contributed by atoms with E-state index in [9.17, 15) is 0 Å². The van der Waals surface area contributed by atoms with Crippen LogP contribution in [0.15, 0.2) is 0 Å². The summed E-state index contributed by atoms with van der Waals surface area (Å²) < 4.78 is 0. The predicted octanol–water partition coefficient (Wildman–Crippen LogP) is 2.59. The van der Waals surface area contributed by atoms with Gasteiger partial charge < -0.3 is 4.90 Å². The summed E-state index contributed by atoms with van der Waals surface area (Å²) in [5.74, 6) is 2.05. The summed E-state index contributed by atoms with van der Waals surface area (Å²) in [6, 6.07) is 0. The molecule has 3 heteroatoms. The highest BCUT2D eigenvalue weighted by Gasteiger charge is 2.19. The smallest absolute Gasteiger partial charge is 0.0958 e. The second kappa shape index (κ2) is 5.53. The molecule has 1 unspecified atom stereocenters. The molecule has 0 aromatic rings. The lowest BCUT2D eigenvalue weighted by Gasteiger charge is -2.33. The fourth-order valence-electron chi connectivity index (χ4n) is 1.61. The molecular weight excluding hydrogens is 180 g/mol. The Bertz CT molecular complexity index is 170. The van der Waals surface area contributed by atoms with Crippen molar-refractivity contribution in [2.75, 3.05) is 18.8 Å². The van der Waals surface area contributed by atoms with Crippen LogP contribution in [0.5, 0.6) is 0 Å². The molecule has 1 heterocycles. The zero-order valence-corrected chi connectivity index (χ0v) is 9.49. The van der Waals surface area contributed by atoms with Gasteiger partial charge in [0.15, 0.2) is 0 Å². The first-order valence-electron chi connectivity index (χ1n) is 5.21. The van der Waals surface area contributed by atoms with Crippen molar-refractivity contribution in [3.05, 3.63) is 0 Å². The van der Waals surface area contributed by atoms with Gasteiger partial charge in [0.2, 0.25) is 0 Å². The van der Waals surface area contributed by atoms with Gasteiger partial charge in [-0.05, 0) is 12.8 Å². The third kappa shape index (κ3) is 3.22. The molecule has 1 saturated heterocycles. The molecule has 1 rings (SSSR count). The number of nitrogens with zero attached hydrogens (tertiary/aromatic N) is 1. The highest BCUT2D eigenvalue weighted by Crippen LogP contribution is 2.21. The van der Waals surface area contributed by atoms with E-state index in [2.05, 4.69) is 30.5 Å². The number of hydrogen-bond acceptors (Lipinski definition) is 2. The van der Waals surface area contributed by atoms with E-state index in [4.69, 9.17) is 5.41 Å². The molecule has 2 nitrogen and oxygen atoms in total. The van der Waals surface area contributed by atoms with Crippen LogP contribution in [-0.4, -0.2) is 34.8 Å². The number of rotatable bonds is 3. The Morgan fingerprint density at radius 1 is 1.54 bits per heavy atom. The maximum absolute atomic E-state index is 7.86. The van der Waals surface area contributed by atoms with Crippen molar-refractivity contribution in [3.63, 3.8) is 0 Å². The van der Waals surface area contributed by atoms with E-state index in [0.717, 1.165) is 37.0 Å². The molecule has 1 fully saturated rings. The van der Waals surface area contributed by atoms with E-state index in [1.54, 1.807) is 0 Å². The van der Waals surface area contributed by atoms with Gasteiger partial charge in [0.05, 0.1) is 5.84 Å². The van der Waals surface area contributed by atoms with Crippen LogP contribution in [0, 0.1) is 5.41 Å². The SMILES string of the molecule is CCCC(=N)N1CCSC(CC)C1. The standard InChI is InChI=1S/C10H20N2S/c1-3-5-10(11)12-6-7-13-9(4-2)8-12/h9,11H,3-8H2,1-2H3. The molecule has 76 valence electrons. The van der Waals surface area contributed by atoms with Crippen molar-refractivity contribution in [2.24, 2.45) is 0 Å². The van der Waals surface area contributed by atoms with Crippen LogP contribution in [0.3, 0.4) is 0 Å². The Balaban J connectivity index is 2.37. The minimum absolute atomic E-state index is 0.756. The second-order valence-electron chi connectivity index (χ2n) is 3.54. The molecule has 1 atom stereocenters. The Morgan fingerprint density at radius 2 is 2.31 bits per heavy atom. The number of hydrogen-bond donors (Lipinski definition) is 1. The Labute approximate surface area is 85.6 Å². The van der Waals surface area contributed by atoms with Gasteiger partial charge in [0.25, 0.3) is 0 Å². The first-order valence-corrected chi connectivity index (χ1v) is 6.26. The van der Waals surface area contributed by atoms with Crippen LogP contribution in [0.4, 0.5) is 0 Å². The fraction of sp³-hybridized carbons (Fsp3) is 0.900. The quantitative estimate of drug-likeness (QED) is 0.560. The van der Waals surface area contributed by atoms with Crippen LogP contribution in [0.1, 0.15) is 33.1 Å². The van der Waals surface area contributed by atoms with Crippen molar-refractivity contribution in [3.8, 4) is 0 Å². The lowest BCUT2D eigenvalue weighted by Crippen LogP contribution is -2.41. The fourth-order valence-corrected chi connectivity index (χ4v) is 2.79. The molecule has 0 aromatic heterocycles. The highest BCUT2D eigenvalue weighted by atomic mass is 32.2. The van der Waals surface area contributed by atoms with Crippen LogP contribution in [0.2, 0.25) is 0 Å².